The number of nitrogens with zero attached hydrogens (tertiary/aromatic N) is 2. The first-order valence-electron chi connectivity index (χ1n) is 12.5. The molecule has 3 heterocycles. The van der Waals surface area contributed by atoms with Gasteiger partial charge in [-0.2, -0.15) is 0 Å². The van der Waals surface area contributed by atoms with Crippen LogP contribution < -0.4 is 15.5 Å². The van der Waals surface area contributed by atoms with E-state index < -0.39 is 12.0 Å². The third kappa shape index (κ3) is 6.68. The van der Waals surface area contributed by atoms with Crippen molar-refractivity contribution in [3.05, 3.63) is 24.0 Å². The summed E-state index contributed by atoms with van der Waals surface area (Å²) in [5.41, 5.74) is 1.09. The second-order valence-electron chi connectivity index (χ2n) is 9.11. The monoisotopic (exact) mass is 476 g/mol. The number of carbonyl (C=O) groups excluding carboxylic acids is 2. The first-order chi connectivity index (χ1) is 16.4. The van der Waals surface area contributed by atoms with Gasteiger partial charge in [-0.1, -0.05) is 13.8 Å². The molecule has 1 unspecified atom stereocenters. The molecule has 2 amide bonds. The van der Waals surface area contributed by atoms with Gasteiger partial charge in [0, 0.05) is 37.7 Å². The summed E-state index contributed by atoms with van der Waals surface area (Å²) in [6, 6.07) is 4.88. The maximum atomic E-state index is 14.9. The molecule has 34 heavy (non-hydrogen) atoms. The van der Waals surface area contributed by atoms with Crippen LogP contribution in [-0.4, -0.2) is 66.1 Å². The topological polar surface area (TPSA) is 102 Å². The van der Waals surface area contributed by atoms with Crippen molar-refractivity contribution in [2.24, 2.45) is 5.92 Å². The number of carboxylic acid groups (broad SMARTS) is 1. The zero-order chi connectivity index (χ0) is 24.7. The standard InChI is InChI=1S/C23H31FN4O4.C2H6/c24-18-14-16(25-19-2-4-21(29)26-23(19)32)1-3-20(18)28-11-7-17(8-12-28)27-9-5-15(6-10-27)13-22(30)31;1-2/h1,3,14-15,17,19,25H,2,4-13H2,(H,30,31)(H,26,29,32);1-2H3. The maximum absolute atomic E-state index is 14.9. The van der Waals surface area contributed by atoms with Gasteiger partial charge in [0.25, 0.3) is 0 Å². The normalized spacial score (nSPS) is 22.6. The van der Waals surface area contributed by atoms with Gasteiger partial charge in [0.1, 0.15) is 11.9 Å². The molecule has 0 saturated carbocycles. The smallest absolute Gasteiger partial charge is 0.303 e. The van der Waals surface area contributed by atoms with E-state index in [1.54, 1.807) is 12.1 Å². The molecule has 1 atom stereocenters. The van der Waals surface area contributed by atoms with Crippen LogP contribution in [0.5, 0.6) is 0 Å². The van der Waals surface area contributed by atoms with Gasteiger partial charge in [-0.15, -0.1) is 0 Å². The molecule has 4 rings (SSSR count). The van der Waals surface area contributed by atoms with Crippen molar-refractivity contribution >= 4 is 29.2 Å². The minimum atomic E-state index is -0.711. The Bertz CT molecular complexity index is 864. The molecule has 0 aliphatic carbocycles. The molecule has 0 spiro atoms. The van der Waals surface area contributed by atoms with Gasteiger partial charge in [-0.05, 0) is 69.3 Å². The van der Waals surface area contributed by atoms with E-state index >= 15 is 0 Å². The predicted molar refractivity (Wildman–Crippen MR) is 129 cm³/mol. The van der Waals surface area contributed by atoms with Gasteiger partial charge in [0.2, 0.25) is 11.8 Å². The van der Waals surface area contributed by atoms with Crippen LogP contribution in [0.1, 0.15) is 58.8 Å². The molecule has 188 valence electrons. The van der Waals surface area contributed by atoms with Crippen LogP contribution in [-0.2, 0) is 14.4 Å². The Kier molecular flexibility index (Phi) is 9.27. The highest BCUT2D eigenvalue weighted by Gasteiger charge is 2.30. The summed E-state index contributed by atoms with van der Waals surface area (Å²) >= 11 is 0. The number of imide groups is 1. The van der Waals surface area contributed by atoms with Gasteiger partial charge < -0.3 is 20.2 Å². The van der Waals surface area contributed by atoms with E-state index in [0.717, 1.165) is 51.9 Å². The third-order valence-corrected chi connectivity index (χ3v) is 6.96. The van der Waals surface area contributed by atoms with E-state index in [0.29, 0.717) is 23.8 Å². The molecule has 3 aliphatic rings. The highest BCUT2D eigenvalue weighted by molar-refractivity contribution is 6.01. The van der Waals surface area contributed by atoms with Crippen molar-refractivity contribution in [2.75, 3.05) is 36.4 Å². The molecule has 0 aromatic heterocycles. The largest absolute Gasteiger partial charge is 0.481 e. The summed E-state index contributed by atoms with van der Waals surface area (Å²) in [4.78, 5) is 38.6. The minimum absolute atomic E-state index is 0.264. The molecule has 3 N–H and O–H groups in total. The van der Waals surface area contributed by atoms with E-state index in [2.05, 4.69) is 20.4 Å². The number of carboxylic acids is 1. The predicted octanol–water partition coefficient (Wildman–Crippen LogP) is 3.22. The Hall–Kier alpha value is -2.68. The molecule has 0 radical (unpaired) electrons. The molecule has 1 aromatic carbocycles. The number of likely N-dealkylation sites (tertiary alicyclic amines) is 1. The summed E-state index contributed by atoms with van der Waals surface area (Å²) in [7, 11) is 0. The minimum Gasteiger partial charge on any atom is -0.481 e. The Morgan fingerprint density at radius 2 is 1.76 bits per heavy atom. The highest BCUT2D eigenvalue weighted by Crippen LogP contribution is 2.30. The van der Waals surface area contributed by atoms with Crippen molar-refractivity contribution in [1.82, 2.24) is 10.2 Å². The van der Waals surface area contributed by atoms with Crippen LogP contribution in [0.4, 0.5) is 15.8 Å². The molecule has 3 saturated heterocycles. The van der Waals surface area contributed by atoms with Crippen LogP contribution in [0.2, 0.25) is 0 Å². The van der Waals surface area contributed by atoms with Gasteiger partial charge in [-0.3, -0.25) is 19.7 Å². The molecular formula is C25H37FN4O4. The highest BCUT2D eigenvalue weighted by atomic mass is 19.1. The number of rotatable bonds is 6. The van der Waals surface area contributed by atoms with E-state index in [1.165, 1.54) is 6.07 Å². The summed E-state index contributed by atoms with van der Waals surface area (Å²) in [5.74, 6) is -1.40. The first kappa shape index (κ1) is 25.9. The second-order valence-corrected chi connectivity index (χ2v) is 9.11. The summed E-state index contributed by atoms with van der Waals surface area (Å²) in [5, 5.41) is 14.3. The molecule has 9 heteroatoms. The van der Waals surface area contributed by atoms with E-state index in [9.17, 15) is 18.8 Å². The lowest BCUT2D eigenvalue weighted by Crippen LogP contribution is -2.48. The molecule has 0 bridgehead atoms. The SMILES string of the molecule is CC.O=C(O)CC1CCN(C2CCN(c3ccc(NC4CCC(=O)NC4=O)cc3F)CC2)CC1. The number of hydrogen-bond acceptors (Lipinski definition) is 6. The van der Waals surface area contributed by atoms with Crippen LogP contribution in [0.25, 0.3) is 0 Å². The van der Waals surface area contributed by atoms with E-state index in [1.807, 2.05) is 13.8 Å². The number of piperidine rings is 3. The molecule has 3 aliphatic heterocycles. The van der Waals surface area contributed by atoms with Crippen LogP contribution in [0, 0.1) is 11.7 Å². The number of benzene rings is 1. The van der Waals surface area contributed by atoms with Crippen molar-refractivity contribution < 1.29 is 23.9 Å². The van der Waals surface area contributed by atoms with Gasteiger partial charge >= 0.3 is 5.97 Å². The maximum Gasteiger partial charge on any atom is 0.303 e. The van der Waals surface area contributed by atoms with Gasteiger partial charge in [0.15, 0.2) is 0 Å². The van der Waals surface area contributed by atoms with E-state index in [-0.39, 0.29) is 36.4 Å². The Labute approximate surface area is 200 Å². The Morgan fingerprint density at radius 1 is 1.09 bits per heavy atom. The van der Waals surface area contributed by atoms with Gasteiger partial charge in [-0.25, -0.2) is 4.39 Å². The molecule has 1 aromatic rings. The third-order valence-electron chi connectivity index (χ3n) is 6.96. The number of hydrogen-bond donors (Lipinski definition) is 3. The van der Waals surface area contributed by atoms with Crippen LogP contribution >= 0.6 is 0 Å². The number of nitrogens with one attached hydrogen (secondary N) is 2. The van der Waals surface area contributed by atoms with Gasteiger partial charge in [0.05, 0.1) is 5.69 Å². The second kappa shape index (κ2) is 12.1. The molecular weight excluding hydrogens is 439 g/mol. The Balaban J connectivity index is 0.00000158. The fourth-order valence-electron chi connectivity index (χ4n) is 5.13. The number of halogens is 1. The average molecular weight is 477 g/mol. The lowest BCUT2D eigenvalue weighted by atomic mass is 9.91. The average Bonchev–Trinajstić information content (AvgIpc) is 2.83. The van der Waals surface area contributed by atoms with Crippen LogP contribution in [0.15, 0.2) is 18.2 Å². The Morgan fingerprint density at radius 3 is 2.35 bits per heavy atom. The van der Waals surface area contributed by atoms with Crippen molar-refractivity contribution in [2.45, 2.75) is 70.9 Å². The van der Waals surface area contributed by atoms with Crippen molar-refractivity contribution in [3.8, 4) is 0 Å². The molecule has 8 nitrogen and oxygen atoms in total. The van der Waals surface area contributed by atoms with Crippen molar-refractivity contribution in [1.29, 1.82) is 0 Å². The van der Waals surface area contributed by atoms with Crippen molar-refractivity contribution in [3.63, 3.8) is 0 Å². The lowest BCUT2D eigenvalue weighted by molar-refractivity contribution is -0.138. The summed E-state index contributed by atoms with van der Waals surface area (Å²) < 4.78 is 14.9. The quantitative estimate of drug-likeness (QED) is 0.542. The van der Waals surface area contributed by atoms with Crippen LogP contribution in [0.3, 0.4) is 0 Å². The summed E-state index contributed by atoms with van der Waals surface area (Å²) in [6.45, 7) is 7.43. The number of carbonyl (C=O) groups is 3. The zero-order valence-electron chi connectivity index (χ0n) is 20.2. The fourth-order valence-corrected chi connectivity index (χ4v) is 5.13. The lowest BCUT2D eigenvalue weighted by Gasteiger charge is -2.42. The number of amides is 2. The van der Waals surface area contributed by atoms with E-state index in [4.69, 9.17) is 5.11 Å². The molecule has 3 fully saturated rings. The number of aliphatic carboxylic acids is 1. The zero-order valence-corrected chi connectivity index (χ0v) is 20.2. The first-order valence-corrected chi connectivity index (χ1v) is 12.5. The summed E-state index contributed by atoms with van der Waals surface area (Å²) in [6.07, 6.45) is 4.72. The fraction of sp³-hybridized carbons (Fsp3) is 0.640. The number of anilines is 2.